The fraction of sp³-hybridized carbons (Fsp3) is 0.571. The van der Waals surface area contributed by atoms with Gasteiger partial charge in [-0.25, -0.2) is 4.98 Å². The van der Waals surface area contributed by atoms with Crippen molar-refractivity contribution in [1.82, 2.24) is 9.88 Å². The fourth-order valence-electron chi connectivity index (χ4n) is 2.44. The molecule has 0 spiro atoms. The van der Waals surface area contributed by atoms with Crippen LogP contribution in [0.3, 0.4) is 0 Å². The van der Waals surface area contributed by atoms with Crippen molar-refractivity contribution in [3.63, 3.8) is 0 Å². The minimum atomic E-state index is -0.679. The van der Waals surface area contributed by atoms with E-state index >= 15 is 0 Å². The molecular formula is C14H20ClN3O2. The van der Waals surface area contributed by atoms with Gasteiger partial charge in [0.2, 0.25) is 5.91 Å². The van der Waals surface area contributed by atoms with Crippen molar-refractivity contribution in [2.75, 3.05) is 31.6 Å². The molecule has 110 valence electrons. The van der Waals surface area contributed by atoms with Crippen molar-refractivity contribution in [2.24, 2.45) is 0 Å². The zero-order chi connectivity index (χ0) is 14.8. The molecule has 0 aliphatic carbocycles. The van der Waals surface area contributed by atoms with Crippen LogP contribution in [-0.2, 0) is 4.79 Å². The number of carbonyl (C=O) groups is 1. The molecule has 1 amide bonds. The molecule has 1 aromatic rings. The number of carbonyl (C=O) groups excluding carboxylic acids is 1. The summed E-state index contributed by atoms with van der Waals surface area (Å²) in [5.74, 6) is 0.706. The Morgan fingerprint density at radius 3 is 2.80 bits per heavy atom. The number of rotatable bonds is 5. The van der Waals surface area contributed by atoms with E-state index in [0.29, 0.717) is 23.9 Å². The maximum Gasteiger partial charge on any atom is 0.242 e. The zero-order valence-corrected chi connectivity index (χ0v) is 12.6. The number of amides is 1. The highest BCUT2D eigenvalue weighted by molar-refractivity contribution is 6.30. The molecule has 6 heteroatoms. The smallest absolute Gasteiger partial charge is 0.242 e. The summed E-state index contributed by atoms with van der Waals surface area (Å²) in [6.07, 6.45) is 3.22. The molecule has 0 bridgehead atoms. The van der Waals surface area contributed by atoms with Crippen molar-refractivity contribution in [2.45, 2.75) is 25.4 Å². The average molecular weight is 298 g/mol. The van der Waals surface area contributed by atoms with E-state index in [1.165, 1.54) is 0 Å². The molecule has 1 aromatic heterocycles. The molecule has 0 saturated carbocycles. The molecule has 5 nitrogen and oxygen atoms in total. The lowest BCUT2D eigenvalue weighted by Gasteiger charge is -2.47. The molecule has 0 atom stereocenters. The maximum atomic E-state index is 12.1. The van der Waals surface area contributed by atoms with E-state index in [1.54, 1.807) is 28.1 Å². The summed E-state index contributed by atoms with van der Waals surface area (Å²) >= 11 is 5.78. The Balaban J connectivity index is 1.85. The third-order valence-corrected chi connectivity index (χ3v) is 3.74. The summed E-state index contributed by atoms with van der Waals surface area (Å²) in [7, 11) is 1.81. The number of hydrogen-bond acceptors (Lipinski definition) is 4. The lowest BCUT2D eigenvalue weighted by molar-refractivity contribution is -0.155. The third kappa shape index (κ3) is 3.41. The van der Waals surface area contributed by atoms with Crippen LogP contribution in [0.2, 0.25) is 5.02 Å². The van der Waals surface area contributed by atoms with Crippen LogP contribution in [0.15, 0.2) is 18.3 Å². The average Bonchev–Trinajstić information content (AvgIpc) is 2.36. The van der Waals surface area contributed by atoms with Gasteiger partial charge in [0.1, 0.15) is 5.82 Å². The van der Waals surface area contributed by atoms with Crippen LogP contribution in [0, 0.1) is 0 Å². The van der Waals surface area contributed by atoms with Crippen molar-refractivity contribution >= 4 is 23.3 Å². The van der Waals surface area contributed by atoms with Crippen LogP contribution >= 0.6 is 11.6 Å². The minimum absolute atomic E-state index is 0.00466. The summed E-state index contributed by atoms with van der Waals surface area (Å²) in [5.41, 5.74) is -0.679. The van der Waals surface area contributed by atoms with E-state index in [4.69, 9.17) is 11.6 Å². The molecule has 1 aliphatic heterocycles. The van der Waals surface area contributed by atoms with Gasteiger partial charge in [-0.05, 0) is 18.6 Å². The largest absolute Gasteiger partial charge is 0.386 e. The molecular weight excluding hydrogens is 278 g/mol. The minimum Gasteiger partial charge on any atom is -0.386 e. The summed E-state index contributed by atoms with van der Waals surface area (Å²) in [6.45, 7) is 3.14. The Labute approximate surface area is 124 Å². The van der Waals surface area contributed by atoms with Gasteiger partial charge in [0, 0.05) is 13.2 Å². The number of halogens is 1. The van der Waals surface area contributed by atoms with Gasteiger partial charge in [-0.3, -0.25) is 4.79 Å². The number of hydrogen-bond donors (Lipinski definition) is 1. The number of aromatic nitrogens is 1. The topological polar surface area (TPSA) is 56.7 Å². The fourth-order valence-corrected chi connectivity index (χ4v) is 2.55. The van der Waals surface area contributed by atoms with Crippen molar-refractivity contribution in [1.29, 1.82) is 0 Å². The molecule has 1 fully saturated rings. The van der Waals surface area contributed by atoms with E-state index in [-0.39, 0.29) is 12.5 Å². The Bertz CT molecular complexity index is 472. The van der Waals surface area contributed by atoms with Gasteiger partial charge in [-0.2, -0.15) is 0 Å². The number of β-amino-alcohol motifs (C(OH)–C–C–N with tert-alkyl or cyclic N) is 1. The monoisotopic (exact) mass is 297 g/mol. The molecule has 1 aliphatic rings. The van der Waals surface area contributed by atoms with Crippen molar-refractivity contribution < 1.29 is 9.90 Å². The number of aliphatic hydroxyl groups is 1. The Morgan fingerprint density at radius 2 is 2.25 bits per heavy atom. The second-order valence-corrected chi connectivity index (χ2v) is 5.85. The lowest BCUT2D eigenvalue weighted by atomic mass is 9.89. The molecule has 2 heterocycles. The van der Waals surface area contributed by atoms with Crippen LogP contribution in [-0.4, -0.2) is 53.2 Å². The predicted molar refractivity (Wildman–Crippen MR) is 79.0 cm³/mol. The second kappa shape index (κ2) is 5.97. The Morgan fingerprint density at radius 1 is 1.55 bits per heavy atom. The van der Waals surface area contributed by atoms with Gasteiger partial charge >= 0.3 is 0 Å². The summed E-state index contributed by atoms with van der Waals surface area (Å²) < 4.78 is 0. The molecule has 1 N–H and O–H groups in total. The van der Waals surface area contributed by atoms with Gasteiger partial charge in [-0.1, -0.05) is 24.9 Å². The molecule has 1 saturated heterocycles. The highest BCUT2D eigenvalue weighted by Crippen LogP contribution is 2.26. The van der Waals surface area contributed by atoms with Gasteiger partial charge in [0.05, 0.1) is 30.3 Å². The van der Waals surface area contributed by atoms with Gasteiger partial charge < -0.3 is 14.9 Å². The van der Waals surface area contributed by atoms with E-state index in [1.807, 2.05) is 14.0 Å². The van der Waals surface area contributed by atoms with Crippen LogP contribution < -0.4 is 4.90 Å². The number of likely N-dealkylation sites (tertiary alicyclic amines) is 1. The van der Waals surface area contributed by atoms with Crippen LogP contribution in [0.5, 0.6) is 0 Å². The number of nitrogens with zero attached hydrogens (tertiary/aromatic N) is 3. The quantitative estimate of drug-likeness (QED) is 0.896. The lowest BCUT2D eigenvalue weighted by Crippen LogP contribution is -2.64. The SMILES string of the molecule is CCCC1(O)CN(C(=O)CN(C)c2ccc(Cl)cn2)C1. The van der Waals surface area contributed by atoms with E-state index in [0.717, 1.165) is 12.8 Å². The maximum absolute atomic E-state index is 12.1. The van der Waals surface area contributed by atoms with Crippen LogP contribution in [0.25, 0.3) is 0 Å². The number of anilines is 1. The van der Waals surface area contributed by atoms with Crippen LogP contribution in [0.4, 0.5) is 5.82 Å². The molecule has 20 heavy (non-hydrogen) atoms. The molecule has 0 aromatic carbocycles. The van der Waals surface area contributed by atoms with Gasteiger partial charge in [0.15, 0.2) is 0 Å². The molecule has 0 unspecified atom stereocenters. The summed E-state index contributed by atoms with van der Waals surface area (Å²) in [6, 6.07) is 3.52. The normalized spacial score (nSPS) is 16.7. The second-order valence-electron chi connectivity index (χ2n) is 5.41. The standard InChI is InChI=1S/C14H20ClN3O2/c1-3-6-14(20)9-18(10-14)13(19)8-17(2)12-5-4-11(15)7-16-12/h4-5,7,20H,3,6,8-10H2,1-2H3. The highest BCUT2D eigenvalue weighted by Gasteiger charge is 2.42. The first kappa shape index (κ1) is 15.1. The summed E-state index contributed by atoms with van der Waals surface area (Å²) in [5, 5.41) is 10.6. The predicted octanol–water partition coefficient (Wildman–Crippen LogP) is 1.54. The van der Waals surface area contributed by atoms with Crippen molar-refractivity contribution in [3.8, 4) is 0 Å². The van der Waals surface area contributed by atoms with E-state index < -0.39 is 5.60 Å². The first-order valence-corrected chi connectivity index (χ1v) is 7.14. The molecule has 2 rings (SSSR count). The van der Waals surface area contributed by atoms with E-state index in [9.17, 15) is 9.90 Å². The Hall–Kier alpha value is -1.33. The molecule has 0 radical (unpaired) electrons. The zero-order valence-electron chi connectivity index (χ0n) is 11.8. The summed E-state index contributed by atoms with van der Waals surface area (Å²) in [4.78, 5) is 19.7. The Kier molecular flexibility index (Phi) is 4.50. The first-order chi connectivity index (χ1) is 9.43. The first-order valence-electron chi connectivity index (χ1n) is 6.76. The van der Waals surface area contributed by atoms with Crippen LogP contribution in [0.1, 0.15) is 19.8 Å². The highest BCUT2D eigenvalue weighted by atomic mass is 35.5. The third-order valence-electron chi connectivity index (χ3n) is 3.51. The van der Waals surface area contributed by atoms with Gasteiger partial charge in [-0.15, -0.1) is 0 Å². The number of likely N-dealkylation sites (N-methyl/N-ethyl adjacent to an activating group) is 1. The number of pyridine rings is 1. The van der Waals surface area contributed by atoms with E-state index in [2.05, 4.69) is 4.98 Å². The van der Waals surface area contributed by atoms with Gasteiger partial charge in [0.25, 0.3) is 0 Å². The van der Waals surface area contributed by atoms with Crippen molar-refractivity contribution in [3.05, 3.63) is 23.4 Å².